The molecule has 5 nitrogen and oxygen atoms in total. The summed E-state index contributed by atoms with van der Waals surface area (Å²) in [5, 5.41) is 6.99. The molecule has 0 aromatic carbocycles. The summed E-state index contributed by atoms with van der Waals surface area (Å²) in [7, 11) is 2.15. The Morgan fingerprint density at radius 1 is 1.43 bits per heavy atom. The molecule has 0 amide bonds. The molecule has 1 aromatic rings. The number of hydrogen-bond acceptors (Lipinski definition) is 5. The van der Waals surface area contributed by atoms with E-state index in [2.05, 4.69) is 27.4 Å². The minimum atomic E-state index is 0.478. The lowest BCUT2D eigenvalue weighted by Gasteiger charge is -2.28. The predicted octanol–water partition coefficient (Wildman–Crippen LogP) is 0.884. The molecule has 0 atom stereocenters. The minimum Gasteiger partial charge on any atom is -0.335 e. The third kappa shape index (κ3) is 2.23. The molecule has 0 radical (unpaired) electrons. The first-order valence-electron chi connectivity index (χ1n) is 4.99. The van der Waals surface area contributed by atoms with Gasteiger partial charge in [-0.25, -0.2) is 0 Å². The van der Waals surface area contributed by atoms with Gasteiger partial charge in [0.1, 0.15) is 0 Å². The van der Waals surface area contributed by atoms with Gasteiger partial charge in [0.2, 0.25) is 0 Å². The molecule has 0 unspecified atom stereocenters. The Hall–Kier alpha value is -1.10. The molecule has 1 aliphatic rings. The maximum absolute atomic E-state index is 5.01. The van der Waals surface area contributed by atoms with E-state index in [-0.39, 0.29) is 0 Å². The molecule has 78 valence electrons. The molecular formula is C9H16N4O. The van der Waals surface area contributed by atoms with Crippen LogP contribution in [0.3, 0.4) is 0 Å². The number of rotatable bonds is 2. The fraction of sp³-hybridized carbons (Fsp3) is 0.778. The Morgan fingerprint density at radius 2 is 2.14 bits per heavy atom. The first-order chi connectivity index (χ1) is 6.74. The van der Waals surface area contributed by atoms with Crippen LogP contribution in [0.15, 0.2) is 4.52 Å². The van der Waals surface area contributed by atoms with E-state index in [1.165, 1.54) is 0 Å². The van der Waals surface area contributed by atoms with Crippen molar-refractivity contribution in [3.63, 3.8) is 0 Å². The van der Waals surface area contributed by atoms with Crippen LogP contribution in [0.5, 0.6) is 0 Å². The van der Waals surface area contributed by atoms with Crippen molar-refractivity contribution in [3.8, 4) is 0 Å². The number of piperidine rings is 1. The molecule has 1 fully saturated rings. The number of likely N-dealkylation sites (tertiary alicyclic amines) is 1. The van der Waals surface area contributed by atoms with Crippen molar-refractivity contribution in [1.82, 2.24) is 15.0 Å². The van der Waals surface area contributed by atoms with Crippen LogP contribution in [0.25, 0.3) is 0 Å². The minimum absolute atomic E-state index is 0.478. The Morgan fingerprint density at radius 3 is 2.71 bits per heavy atom. The average molecular weight is 196 g/mol. The Bertz CT molecular complexity index is 291. The summed E-state index contributed by atoms with van der Waals surface area (Å²) >= 11 is 0. The van der Waals surface area contributed by atoms with Crippen molar-refractivity contribution in [3.05, 3.63) is 5.82 Å². The fourth-order valence-corrected chi connectivity index (χ4v) is 1.68. The Labute approximate surface area is 83.5 Å². The van der Waals surface area contributed by atoms with E-state index in [9.17, 15) is 0 Å². The number of anilines is 1. The van der Waals surface area contributed by atoms with Crippen LogP contribution in [-0.4, -0.2) is 41.2 Å². The van der Waals surface area contributed by atoms with Crippen molar-refractivity contribution in [2.24, 2.45) is 0 Å². The largest absolute Gasteiger partial charge is 0.335 e. The Kier molecular flexibility index (Phi) is 2.67. The molecule has 0 bridgehead atoms. The Balaban J connectivity index is 1.86. The molecule has 0 saturated carbocycles. The standard InChI is InChI=1S/C9H16N4O/c1-7-10-9(14-12-7)11-8-3-5-13(2)6-4-8/h8H,3-6H2,1-2H3,(H,10,11,12). The number of hydrogen-bond donors (Lipinski definition) is 1. The van der Waals surface area contributed by atoms with Gasteiger partial charge in [0.15, 0.2) is 5.82 Å². The van der Waals surface area contributed by atoms with E-state index in [1.54, 1.807) is 0 Å². The molecular weight excluding hydrogens is 180 g/mol. The van der Waals surface area contributed by atoms with E-state index in [0.717, 1.165) is 25.9 Å². The lowest BCUT2D eigenvalue weighted by atomic mass is 10.1. The molecule has 1 aromatic heterocycles. The average Bonchev–Trinajstić information content (AvgIpc) is 2.56. The summed E-state index contributed by atoms with van der Waals surface area (Å²) in [6.45, 7) is 4.08. The summed E-state index contributed by atoms with van der Waals surface area (Å²) in [5.74, 6) is 0.681. The fourth-order valence-electron chi connectivity index (χ4n) is 1.68. The lowest BCUT2D eigenvalue weighted by molar-refractivity contribution is 0.261. The van der Waals surface area contributed by atoms with E-state index in [0.29, 0.717) is 17.9 Å². The third-order valence-corrected chi connectivity index (χ3v) is 2.57. The maximum atomic E-state index is 5.01. The second-order valence-electron chi connectivity index (χ2n) is 3.87. The first kappa shape index (κ1) is 9.45. The SMILES string of the molecule is Cc1noc(NC2CCN(C)CC2)n1. The number of aryl methyl sites for hydroxylation is 1. The molecule has 0 spiro atoms. The summed E-state index contributed by atoms with van der Waals surface area (Å²) in [5.41, 5.74) is 0. The molecule has 1 aliphatic heterocycles. The van der Waals surface area contributed by atoms with Gasteiger partial charge in [-0.1, -0.05) is 5.16 Å². The van der Waals surface area contributed by atoms with Gasteiger partial charge in [0.05, 0.1) is 0 Å². The molecule has 2 rings (SSSR count). The maximum Gasteiger partial charge on any atom is 0.321 e. The molecule has 2 heterocycles. The van der Waals surface area contributed by atoms with Crippen LogP contribution in [0.2, 0.25) is 0 Å². The zero-order valence-electron chi connectivity index (χ0n) is 8.66. The van der Waals surface area contributed by atoms with Gasteiger partial charge in [-0.2, -0.15) is 4.98 Å². The van der Waals surface area contributed by atoms with Gasteiger partial charge in [-0.05, 0) is 39.9 Å². The van der Waals surface area contributed by atoms with Crippen molar-refractivity contribution in [1.29, 1.82) is 0 Å². The van der Waals surface area contributed by atoms with Crippen molar-refractivity contribution >= 4 is 6.01 Å². The summed E-state index contributed by atoms with van der Waals surface area (Å²) in [6.07, 6.45) is 2.27. The van der Waals surface area contributed by atoms with E-state index >= 15 is 0 Å². The second kappa shape index (κ2) is 3.96. The smallest absolute Gasteiger partial charge is 0.321 e. The number of aromatic nitrogens is 2. The topological polar surface area (TPSA) is 54.2 Å². The third-order valence-electron chi connectivity index (χ3n) is 2.57. The van der Waals surface area contributed by atoms with Crippen LogP contribution < -0.4 is 5.32 Å². The van der Waals surface area contributed by atoms with Gasteiger partial charge >= 0.3 is 6.01 Å². The highest BCUT2D eigenvalue weighted by atomic mass is 16.5. The van der Waals surface area contributed by atoms with Crippen LogP contribution >= 0.6 is 0 Å². The van der Waals surface area contributed by atoms with Crippen molar-refractivity contribution < 1.29 is 4.52 Å². The lowest BCUT2D eigenvalue weighted by Crippen LogP contribution is -2.36. The highest BCUT2D eigenvalue weighted by Crippen LogP contribution is 2.13. The highest BCUT2D eigenvalue weighted by Gasteiger charge is 2.17. The first-order valence-corrected chi connectivity index (χ1v) is 4.99. The van der Waals surface area contributed by atoms with Crippen molar-refractivity contribution in [2.75, 3.05) is 25.5 Å². The predicted molar refractivity (Wildman–Crippen MR) is 53.2 cm³/mol. The van der Waals surface area contributed by atoms with E-state index in [1.807, 2.05) is 6.92 Å². The molecule has 14 heavy (non-hydrogen) atoms. The summed E-state index contributed by atoms with van der Waals surface area (Å²) < 4.78 is 5.01. The van der Waals surface area contributed by atoms with Crippen LogP contribution in [-0.2, 0) is 0 Å². The normalized spacial score (nSPS) is 19.9. The van der Waals surface area contributed by atoms with Crippen LogP contribution in [0, 0.1) is 6.92 Å². The highest BCUT2D eigenvalue weighted by molar-refractivity contribution is 5.20. The van der Waals surface area contributed by atoms with Gasteiger partial charge in [-0.15, -0.1) is 0 Å². The summed E-state index contributed by atoms with van der Waals surface area (Å²) in [4.78, 5) is 6.45. The van der Waals surface area contributed by atoms with Gasteiger partial charge in [0.25, 0.3) is 0 Å². The summed E-state index contributed by atoms with van der Waals surface area (Å²) in [6, 6.07) is 1.03. The van der Waals surface area contributed by atoms with Crippen molar-refractivity contribution in [2.45, 2.75) is 25.8 Å². The van der Waals surface area contributed by atoms with Crippen LogP contribution in [0.4, 0.5) is 6.01 Å². The van der Waals surface area contributed by atoms with Gasteiger partial charge in [-0.3, -0.25) is 0 Å². The molecule has 0 aliphatic carbocycles. The number of nitrogens with one attached hydrogen (secondary N) is 1. The van der Waals surface area contributed by atoms with E-state index in [4.69, 9.17) is 4.52 Å². The number of nitrogens with zero attached hydrogens (tertiary/aromatic N) is 3. The zero-order chi connectivity index (χ0) is 9.97. The van der Waals surface area contributed by atoms with Gasteiger partial charge < -0.3 is 14.7 Å². The molecule has 5 heteroatoms. The van der Waals surface area contributed by atoms with E-state index < -0.39 is 0 Å². The zero-order valence-corrected chi connectivity index (χ0v) is 8.66. The monoisotopic (exact) mass is 196 g/mol. The van der Waals surface area contributed by atoms with Gasteiger partial charge in [0, 0.05) is 6.04 Å². The molecule has 1 saturated heterocycles. The second-order valence-corrected chi connectivity index (χ2v) is 3.87. The quantitative estimate of drug-likeness (QED) is 0.761. The molecule has 1 N–H and O–H groups in total. The van der Waals surface area contributed by atoms with Crippen LogP contribution in [0.1, 0.15) is 18.7 Å².